The molecule has 0 saturated heterocycles. The lowest BCUT2D eigenvalue weighted by molar-refractivity contribution is -0.120. The van der Waals surface area contributed by atoms with Crippen LogP contribution in [-0.2, 0) is 0 Å². The monoisotopic (exact) mass is 233 g/mol. The van der Waals surface area contributed by atoms with Gasteiger partial charge in [0.05, 0.1) is 11.9 Å². The Labute approximate surface area is 92.1 Å². The quantitative estimate of drug-likeness (QED) is 0.871. The second-order valence-electron chi connectivity index (χ2n) is 3.78. The molecule has 1 heterocycles. The smallest absolute Gasteiger partial charge is 0.384 e. The molecule has 90 valence electrons. The second-order valence-corrected chi connectivity index (χ2v) is 3.78. The summed E-state index contributed by atoms with van der Waals surface area (Å²) in [6.45, 7) is 2.40. The van der Waals surface area contributed by atoms with E-state index in [0.717, 1.165) is 0 Å². The molecule has 0 aliphatic carbocycles. The number of rotatable bonds is 3. The molecule has 0 aromatic carbocycles. The number of nitrogens with two attached hydrogens (primary N) is 1. The minimum Gasteiger partial charge on any atom is -0.384 e. The molecular weight excluding hydrogens is 219 g/mol. The third kappa shape index (κ3) is 3.60. The summed E-state index contributed by atoms with van der Waals surface area (Å²) in [6.07, 6.45) is -2.88. The highest BCUT2D eigenvalue weighted by Crippen LogP contribution is 2.23. The summed E-state index contributed by atoms with van der Waals surface area (Å²) >= 11 is 0. The predicted molar refractivity (Wildman–Crippen MR) is 57.2 cm³/mol. The highest BCUT2D eigenvalue weighted by Gasteiger charge is 2.32. The van der Waals surface area contributed by atoms with Crippen molar-refractivity contribution in [3.8, 4) is 0 Å². The molecule has 0 spiro atoms. The van der Waals surface area contributed by atoms with Gasteiger partial charge in [-0.1, -0.05) is 0 Å². The first-order valence-electron chi connectivity index (χ1n) is 4.84. The van der Waals surface area contributed by atoms with Gasteiger partial charge in [-0.25, -0.2) is 4.98 Å². The maximum atomic E-state index is 12.3. The maximum absolute atomic E-state index is 12.3. The molecule has 0 aliphatic heterocycles. The number of halogens is 3. The standard InChI is InChI=1S/C10H14F3N3/c1-7(2)16(6-10(11,12)13)8-3-4-9(14)15-5-8/h3-5,7H,6H2,1-2H3,(H2,14,15). The highest BCUT2D eigenvalue weighted by molar-refractivity contribution is 5.48. The number of nitrogen functional groups attached to an aromatic ring is 1. The van der Waals surface area contributed by atoms with E-state index in [0.29, 0.717) is 11.5 Å². The van der Waals surface area contributed by atoms with Crippen LogP contribution < -0.4 is 10.6 Å². The van der Waals surface area contributed by atoms with Gasteiger partial charge in [0.15, 0.2) is 0 Å². The van der Waals surface area contributed by atoms with Crippen LogP contribution in [0.25, 0.3) is 0 Å². The van der Waals surface area contributed by atoms with Crippen LogP contribution in [0, 0.1) is 0 Å². The molecule has 0 radical (unpaired) electrons. The normalized spacial score (nSPS) is 11.9. The van der Waals surface area contributed by atoms with Crippen molar-refractivity contribution in [1.29, 1.82) is 0 Å². The highest BCUT2D eigenvalue weighted by atomic mass is 19.4. The topological polar surface area (TPSA) is 42.1 Å². The molecule has 1 aromatic rings. The van der Waals surface area contributed by atoms with Crippen LogP contribution in [0.15, 0.2) is 18.3 Å². The fourth-order valence-electron chi connectivity index (χ4n) is 1.33. The lowest BCUT2D eigenvalue weighted by Crippen LogP contribution is -2.39. The molecule has 0 bridgehead atoms. The molecule has 3 nitrogen and oxygen atoms in total. The number of pyridine rings is 1. The van der Waals surface area contributed by atoms with E-state index in [4.69, 9.17) is 5.73 Å². The molecule has 16 heavy (non-hydrogen) atoms. The predicted octanol–water partition coefficient (Wildman–Crippen LogP) is 2.44. The Kier molecular flexibility index (Phi) is 3.62. The molecule has 1 aromatic heterocycles. The Hall–Kier alpha value is -1.46. The Morgan fingerprint density at radius 3 is 2.38 bits per heavy atom. The van der Waals surface area contributed by atoms with Gasteiger partial charge in [0.1, 0.15) is 12.4 Å². The number of anilines is 2. The number of nitrogens with zero attached hydrogens (tertiary/aromatic N) is 2. The van der Waals surface area contributed by atoms with Crippen molar-refractivity contribution < 1.29 is 13.2 Å². The zero-order valence-corrected chi connectivity index (χ0v) is 9.12. The van der Waals surface area contributed by atoms with Crippen LogP contribution in [0.1, 0.15) is 13.8 Å². The summed E-state index contributed by atoms with van der Waals surface area (Å²) in [6, 6.07) is 2.77. The Morgan fingerprint density at radius 2 is 2.00 bits per heavy atom. The van der Waals surface area contributed by atoms with Gasteiger partial charge in [-0.05, 0) is 26.0 Å². The summed E-state index contributed by atoms with van der Waals surface area (Å²) in [7, 11) is 0. The number of aromatic nitrogens is 1. The summed E-state index contributed by atoms with van der Waals surface area (Å²) in [5.41, 5.74) is 5.80. The van der Waals surface area contributed by atoms with Crippen LogP contribution in [0.3, 0.4) is 0 Å². The van der Waals surface area contributed by atoms with Gasteiger partial charge in [-0.2, -0.15) is 13.2 Å². The Morgan fingerprint density at radius 1 is 1.38 bits per heavy atom. The van der Waals surface area contributed by atoms with Crippen LogP contribution in [-0.4, -0.2) is 23.7 Å². The van der Waals surface area contributed by atoms with Crippen molar-refractivity contribution in [3.63, 3.8) is 0 Å². The van der Waals surface area contributed by atoms with E-state index in [1.807, 2.05) is 0 Å². The Bertz CT molecular complexity index is 332. The molecule has 0 unspecified atom stereocenters. The average Bonchev–Trinajstić information content (AvgIpc) is 2.14. The lowest BCUT2D eigenvalue weighted by atomic mass is 10.2. The summed E-state index contributed by atoms with van der Waals surface area (Å²) in [5.74, 6) is 0.291. The van der Waals surface area contributed by atoms with Gasteiger partial charge in [0.25, 0.3) is 0 Å². The molecule has 6 heteroatoms. The molecule has 2 N–H and O–H groups in total. The van der Waals surface area contributed by atoms with Crippen LogP contribution in [0.4, 0.5) is 24.7 Å². The average molecular weight is 233 g/mol. The maximum Gasteiger partial charge on any atom is 0.405 e. The summed E-state index contributed by atoms with van der Waals surface area (Å²) in [4.78, 5) is 5.01. The van der Waals surface area contributed by atoms with Crippen molar-refractivity contribution in [1.82, 2.24) is 4.98 Å². The molecule has 0 atom stereocenters. The largest absolute Gasteiger partial charge is 0.405 e. The third-order valence-electron chi connectivity index (χ3n) is 2.08. The van der Waals surface area contributed by atoms with Gasteiger partial charge < -0.3 is 10.6 Å². The van der Waals surface area contributed by atoms with Crippen molar-refractivity contribution in [2.24, 2.45) is 0 Å². The van der Waals surface area contributed by atoms with Gasteiger partial charge in [0.2, 0.25) is 0 Å². The van der Waals surface area contributed by atoms with Crippen molar-refractivity contribution in [3.05, 3.63) is 18.3 Å². The minimum atomic E-state index is -4.23. The van der Waals surface area contributed by atoms with Gasteiger partial charge in [0, 0.05) is 6.04 Å². The summed E-state index contributed by atoms with van der Waals surface area (Å²) in [5, 5.41) is 0. The molecule has 0 fully saturated rings. The zero-order chi connectivity index (χ0) is 12.3. The van der Waals surface area contributed by atoms with Crippen molar-refractivity contribution in [2.45, 2.75) is 26.1 Å². The van der Waals surface area contributed by atoms with Gasteiger partial charge in [-0.15, -0.1) is 0 Å². The van der Waals surface area contributed by atoms with E-state index in [1.165, 1.54) is 23.2 Å². The van der Waals surface area contributed by atoms with E-state index < -0.39 is 12.7 Å². The number of hydrogen-bond donors (Lipinski definition) is 1. The summed E-state index contributed by atoms with van der Waals surface area (Å²) < 4.78 is 37.0. The van der Waals surface area contributed by atoms with Crippen molar-refractivity contribution >= 4 is 11.5 Å². The van der Waals surface area contributed by atoms with Crippen LogP contribution >= 0.6 is 0 Å². The third-order valence-corrected chi connectivity index (χ3v) is 2.08. The van der Waals surface area contributed by atoms with Crippen molar-refractivity contribution in [2.75, 3.05) is 17.2 Å². The first-order chi connectivity index (χ1) is 7.29. The van der Waals surface area contributed by atoms with Crippen LogP contribution in [0.5, 0.6) is 0 Å². The van der Waals surface area contributed by atoms with Gasteiger partial charge in [-0.3, -0.25) is 0 Å². The Balaban J connectivity index is 2.90. The number of alkyl halides is 3. The molecule has 0 aliphatic rings. The van der Waals surface area contributed by atoms with E-state index >= 15 is 0 Å². The van der Waals surface area contributed by atoms with E-state index in [2.05, 4.69) is 4.98 Å². The second kappa shape index (κ2) is 4.59. The van der Waals surface area contributed by atoms with Gasteiger partial charge >= 0.3 is 6.18 Å². The lowest BCUT2D eigenvalue weighted by Gasteiger charge is -2.29. The minimum absolute atomic E-state index is 0.257. The zero-order valence-electron chi connectivity index (χ0n) is 9.12. The molecule has 0 amide bonds. The van der Waals surface area contributed by atoms with E-state index in [-0.39, 0.29) is 6.04 Å². The fraction of sp³-hybridized carbons (Fsp3) is 0.500. The first kappa shape index (κ1) is 12.6. The molecule has 0 saturated carbocycles. The number of hydrogen-bond acceptors (Lipinski definition) is 3. The van der Waals surface area contributed by atoms with E-state index in [9.17, 15) is 13.2 Å². The molecular formula is C10H14F3N3. The molecule has 1 rings (SSSR count). The SMILES string of the molecule is CC(C)N(CC(F)(F)F)c1ccc(N)nc1. The fourth-order valence-corrected chi connectivity index (χ4v) is 1.33. The van der Waals surface area contributed by atoms with E-state index in [1.54, 1.807) is 13.8 Å². The van der Waals surface area contributed by atoms with Crippen LogP contribution in [0.2, 0.25) is 0 Å². The first-order valence-corrected chi connectivity index (χ1v) is 4.84.